The molecule has 0 saturated heterocycles. The Bertz CT molecular complexity index is 1440. The summed E-state index contributed by atoms with van der Waals surface area (Å²) >= 11 is 16.1. The Hall–Kier alpha value is -2.28. The Morgan fingerprint density at radius 1 is 0.925 bits per heavy atom. The van der Waals surface area contributed by atoms with Gasteiger partial charge in [0.15, 0.2) is 23.1 Å². The van der Waals surface area contributed by atoms with Crippen molar-refractivity contribution < 1.29 is 19.1 Å². The zero-order chi connectivity index (χ0) is 29.1. The van der Waals surface area contributed by atoms with Crippen LogP contribution in [0.5, 0.6) is 11.5 Å². The molecule has 0 radical (unpaired) electrons. The van der Waals surface area contributed by atoms with Crippen LogP contribution in [0.3, 0.4) is 0 Å². The van der Waals surface area contributed by atoms with Gasteiger partial charge in [-0.1, -0.05) is 57.0 Å². The van der Waals surface area contributed by atoms with Gasteiger partial charge in [-0.25, -0.2) is 0 Å². The van der Waals surface area contributed by atoms with E-state index in [1.807, 2.05) is 25.2 Å². The maximum atomic E-state index is 13.8. The van der Waals surface area contributed by atoms with Crippen molar-refractivity contribution in [2.24, 2.45) is 10.8 Å². The van der Waals surface area contributed by atoms with Crippen molar-refractivity contribution in [1.82, 2.24) is 4.90 Å². The fraction of sp³-hybridized carbons (Fsp3) is 0.438. The minimum absolute atomic E-state index is 0.0973. The number of allylic oxidation sites excluding steroid dienone is 4. The number of rotatable bonds is 5. The lowest BCUT2D eigenvalue weighted by Crippen LogP contribution is -2.43. The van der Waals surface area contributed by atoms with Crippen molar-refractivity contribution in [3.8, 4) is 11.5 Å². The second-order valence-electron chi connectivity index (χ2n) is 12.7. The van der Waals surface area contributed by atoms with E-state index in [1.165, 1.54) is 0 Å². The van der Waals surface area contributed by atoms with Gasteiger partial charge in [0.1, 0.15) is 6.61 Å². The molecular weight excluding hydrogens is 613 g/mol. The van der Waals surface area contributed by atoms with Crippen molar-refractivity contribution in [1.29, 1.82) is 0 Å². The second-order valence-corrected chi connectivity index (χ2v) is 14.4. The van der Waals surface area contributed by atoms with Gasteiger partial charge in [-0.3, -0.25) is 9.59 Å². The zero-order valence-corrected chi connectivity index (χ0v) is 26.8. The molecule has 0 atom stereocenters. The molecule has 0 fully saturated rings. The molecule has 0 aromatic heterocycles. The monoisotopic (exact) mass is 645 g/mol. The molecule has 1 aliphatic heterocycles. The second kappa shape index (κ2) is 10.5. The number of benzene rings is 2. The van der Waals surface area contributed by atoms with Crippen molar-refractivity contribution in [2.75, 3.05) is 14.2 Å². The molecule has 3 aliphatic rings. The van der Waals surface area contributed by atoms with E-state index in [9.17, 15) is 9.59 Å². The summed E-state index contributed by atoms with van der Waals surface area (Å²) < 4.78 is 12.6. The summed E-state index contributed by atoms with van der Waals surface area (Å²) in [6, 6.07) is 9.12. The van der Waals surface area contributed by atoms with Crippen molar-refractivity contribution in [3.63, 3.8) is 0 Å². The summed E-state index contributed by atoms with van der Waals surface area (Å²) in [6.45, 7) is 8.75. The Morgan fingerprint density at radius 2 is 1.50 bits per heavy atom. The van der Waals surface area contributed by atoms with E-state index in [2.05, 4.69) is 48.5 Å². The van der Waals surface area contributed by atoms with Gasteiger partial charge in [0.2, 0.25) is 0 Å². The molecule has 212 valence electrons. The zero-order valence-electron chi connectivity index (χ0n) is 23.7. The third-order valence-corrected chi connectivity index (χ3v) is 9.33. The summed E-state index contributed by atoms with van der Waals surface area (Å²) in [5.74, 6) is 0.754. The molecular formula is C32H34BrCl2NO4. The molecule has 0 unspecified atom stereocenters. The van der Waals surface area contributed by atoms with Gasteiger partial charge >= 0.3 is 0 Å². The van der Waals surface area contributed by atoms with Crippen LogP contribution in [0.25, 0.3) is 0 Å². The van der Waals surface area contributed by atoms with Crippen molar-refractivity contribution in [3.05, 3.63) is 78.5 Å². The number of Topliss-reactive ketones (excluding diaryl/α,β-unsaturated/α-hetero) is 2. The van der Waals surface area contributed by atoms with Crippen LogP contribution in [0.15, 0.2) is 57.3 Å². The molecule has 5 nitrogen and oxygen atoms in total. The molecule has 1 heterocycles. The Kier molecular flexibility index (Phi) is 7.69. The number of carbonyl (C=O) groups excluding carboxylic acids is 2. The number of halogens is 3. The first kappa shape index (κ1) is 29.2. The topological polar surface area (TPSA) is 55.8 Å². The number of ether oxygens (including phenoxy) is 2. The van der Waals surface area contributed by atoms with Crippen molar-refractivity contribution in [2.45, 2.75) is 65.9 Å². The van der Waals surface area contributed by atoms with Crippen LogP contribution in [0.1, 0.15) is 70.4 Å². The Morgan fingerprint density at radius 3 is 2.02 bits per heavy atom. The van der Waals surface area contributed by atoms with Gasteiger partial charge in [-0.15, -0.1) is 0 Å². The number of nitrogens with zero attached hydrogens (tertiary/aromatic N) is 1. The van der Waals surface area contributed by atoms with Crippen molar-refractivity contribution >= 4 is 50.7 Å². The Balaban J connectivity index is 1.62. The Labute approximate surface area is 254 Å². The van der Waals surface area contributed by atoms with Crippen LogP contribution in [0.2, 0.25) is 10.0 Å². The van der Waals surface area contributed by atoms with Crippen LogP contribution < -0.4 is 9.47 Å². The van der Waals surface area contributed by atoms with Crippen LogP contribution in [0.4, 0.5) is 0 Å². The molecule has 40 heavy (non-hydrogen) atoms. The highest BCUT2D eigenvalue weighted by Crippen LogP contribution is 2.55. The van der Waals surface area contributed by atoms with Crippen LogP contribution in [-0.4, -0.2) is 30.6 Å². The molecule has 8 heteroatoms. The van der Waals surface area contributed by atoms with E-state index in [0.29, 0.717) is 38.9 Å². The highest BCUT2D eigenvalue weighted by atomic mass is 79.9. The van der Waals surface area contributed by atoms with E-state index in [1.54, 1.807) is 19.2 Å². The highest BCUT2D eigenvalue weighted by molar-refractivity contribution is 9.10. The smallest absolute Gasteiger partial charge is 0.175 e. The quantitative estimate of drug-likeness (QED) is 0.325. The number of carbonyl (C=O) groups is 2. The molecule has 0 saturated carbocycles. The number of hydrogen-bond acceptors (Lipinski definition) is 5. The van der Waals surface area contributed by atoms with E-state index in [0.717, 1.165) is 46.5 Å². The molecule has 2 aliphatic carbocycles. The predicted octanol–water partition coefficient (Wildman–Crippen LogP) is 8.66. The number of methoxy groups -OCH3 is 1. The normalized spacial score (nSPS) is 20.5. The first-order valence-corrected chi connectivity index (χ1v) is 15.0. The standard InChI is InChI=1S/C32H34BrCl2NO4/c1-31(2)12-22-28(24(37)14-31)27(29-23(36(22)5)13-32(3,4)15-25(29)38)18-9-20(33)30(26(10-18)39-6)40-16-17-7-8-19(34)11-21(17)35/h7-11,27H,12-16H2,1-6H3. The molecule has 5 rings (SSSR count). The van der Waals surface area contributed by atoms with Gasteiger partial charge in [0.05, 0.1) is 11.6 Å². The average Bonchev–Trinajstić information content (AvgIpc) is 2.84. The molecule has 0 bridgehead atoms. The predicted molar refractivity (Wildman–Crippen MR) is 162 cm³/mol. The van der Waals surface area contributed by atoms with E-state index >= 15 is 0 Å². The van der Waals surface area contributed by atoms with Crippen LogP contribution >= 0.6 is 39.1 Å². The first-order chi connectivity index (χ1) is 18.7. The lowest BCUT2D eigenvalue weighted by molar-refractivity contribution is -0.119. The average molecular weight is 647 g/mol. The molecule has 0 N–H and O–H groups in total. The van der Waals surface area contributed by atoms with Gasteiger partial charge < -0.3 is 14.4 Å². The van der Waals surface area contributed by atoms with Gasteiger partial charge in [0.25, 0.3) is 0 Å². The molecule has 2 aromatic carbocycles. The SMILES string of the molecule is COc1cc(C2C3=C(CC(C)(C)CC3=O)N(C)C3=C2C(=O)CC(C)(C)C3)cc(Br)c1OCc1ccc(Cl)cc1Cl. The summed E-state index contributed by atoms with van der Waals surface area (Å²) in [4.78, 5) is 29.7. The number of hydrogen-bond donors (Lipinski definition) is 0. The third-order valence-electron chi connectivity index (χ3n) is 8.15. The summed E-state index contributed by atoms with van der Waals surface area (Å²) in [5.41, 5.74) is 4.80. The van der Waals surface area contributed by atoms with E-state index < -0.39 is 5.92 Å². The maximum absolute atomic E-state index is 13.8. The maximum Gasteiger partial charge on any atom is 0.175 e. The lowest BCUT2D eigenvalue weighted by Gasteiger charge is -2.48. The van der Waals surface area contributed by atoms with Crippen LogP contribution in [0, 0.1) is 10.8 Å². The summed E-state index contributed by atoms with van der Waals surface area (Å²) in [7, 11) is 3.60. The number of ketones is 2. The summed E-state index contributed by atoms with van der Waals surface area (Å²) in [5, 5.41) is 1.07. The third kappa shape index (κ3) is 5.35. The minimum Gasteiger partial charge on any atom is -0.493 e. The minimum atomic E-state index is -0.460. The summed E-state index contributed by atoms with van der Waals surface area (Å²) in [6.07, 6.45) is 2.43. The van der Waals surface area contributed by atoms with Crippen LogP contribution in [-0.2, 0) is 16.2 Å². The molecule has 2 aromatic rings. The fourth-order valence-corrected chi connectivity index (χ4v) is 7.37. The van der Waals surface area contributed by atoms with E-state index in [-0.39, 0.29) is 29.0 Å². The lowest BCUT2D eigenvalue weighted by atomic mass is 9.64. The van der Waals surface area contributed by atoms with E-state index in [4.69, 9.17) is 32.7 Å². The highest BCUT2D eigenvalue weighted by Gasteiger charge is 2.48. The molecule has 0 amide bonds. The van der Waals surface area contributed by atoms with Gasteiger partial charge in [-0.2, -0.15) is 0 Å². The molecule has 0 spiro atoms. The van der Waals surface area contributed by atoms with Gasteiger partial charge in [0, 0.05) is 64.0 Å². The largest absolute Gasteiger partial charge is 0.493 e. The van der Waals surface area contributed by atoms with Gasteiger partial charge in [-0.05, 0) is 69.4 Å². The first-order valence-electron chi connectivity index (χ1n) is 13.4. The fourth-order valence-electron chi connectivity index (χ4n) is 6.33.